The monoisotopic (exact) mass is 264 g/mol. The molecule has 7 heteroatoms. The average Bonchev–Trinajstić information content (AvgIpc) is 2.63. The summed E-state index contributed by atoms with van der Waals surface area (Å²) in [6.45, 7) is 4.77. The first-order valence-electron chi connectivity index (χ1n) is 4.91. The highest BCUT2D eigenvalue weighted by molar-refractivity contribution is 7.15. The molecular weight excluding hydrogens is 248 g/mol. The van der Waals surface area contributed by atoms with Gasteiger partial charge < -0.3 is 10.6 Å². The molecule has 1 amide bonds. The molecule has 0 saturated heterocycles. The Labute approximate surface area is 105 Å². The van der Waals surface area contributed by atoms with Gasteiger partial charge in [0.1, 0.15) is 5.01 Å². The summed E-state index contributed by atoms with van der Waals surface area (Å²) in [5.41, 5.74) is 0. The van der Waals surface area contributed by atoms with E-state index in [1.165, 1.54) is 11.3 Å². The first kappa shape index (κ1) is 15.3. The number of anilines is 1. The van der Waals surface area contributed by atoms with E-state index in [4.69, 9.17) is 0 Å². The third-order valence-electron chi connectivity index (χ3n) is 1.78. The summed E-state index contributed by atoms with van der Waals surface area (Å²) < 4.78 is 0. The van der Waals surface area contributed by atoms with Crippen LogP contribution in [-0.2, 0) is 4.79 Å². The fourth-order valence-electron chi connectivity index (χ4n) is 0.939. The van der Waals surface area contributed by atoms with Crippen LogP contribution in [0.15, 0.2) is 0 Å². The van der Waals surface area contributed by atoms with Crippen LogP contribution in [0.2, 0.25) is 0 Å². The molecule has 2 N–H and O–H groups in total. The summed E-state index contributed by atoms with van der Waals surface area (Å²) in [7, 11) is 1.81. The standard InChI is InChI=1S/C9H16N4OS.ClH/c1-6(2)8-12-13-9(15-8)11-7(14)4-5-10-3;/h6,10H,4-5H2,1-3H3,(H,11,13,14);1H. The minimum absolute atomic E-state index is 0. The SMILES string of the molecule is CNCCC(=O)Nc1nnc(C(C)C)s1.Cl. The maximum absolute atomic E-state index is 11.3. The highest BCUT2D eigenvalue weighted by Gasteiger charge is 2.09. The molecule has 0 spiro atoms. The third-order valence-corrected chi connectivity index (χ3v) is 2.92. The van der Waals surface area contributed by atoms with Gasteiger partial charge in [-0.2, -0.15) is 0 Å². The van der Waals surface area contributed by atoms with Gasteiger partial charge in [-0.1, -0.05) is 25.2 Å². The van der Waals surface area contributed by atoms with E-state index < -0.39 is 0 Å². The molecule has 16 heavy (non-hydrogen) atoms. The van der Waals surface area contributed by atoms with Gasteiger partial charge in [-0.3, -0.25) is 4.79 Å². The van der Waals surface area contributed by atoms with Gasteiger partial charge in [0.25, 0.3) is 0 Å². The Hall–Kier alpha value is -0.720. The molecule has 1 heterocycles. The Morgan fingerprint density at radius 3 is 2.62 bits per heavy atom. The summed E-state index contributed by atoms with van der Waals surface area (Å²) >= 11 is 1.43. The van der Waals surface area contributed by atoms with Crippen molar-refractivity contribution in [2.45, 2.75) is 26.2 Å². The first-order valence-corrected chi connectivity index (χ1v) is 5.73. The zero-order chi connectivity index (χ0) is 11.3. The van der Waals surface area contributed by atoms with Crippen LogP contribution in [0.3, 0.4) is 0 Å². The highest BCUT2D eigenvalue weighted by Crippen LogP contribution is 2.22. The van der Waals surface area contributed by atoms with E-state index in [-0.39, 0.29) is 18.3 Å². The first-order chi connectivity index (χ1) is 7.13. The van der Waals surface area contributed by atoms with Gasteiger partial charge in [0, 0.05) is 18.9 Å². The largest absolute Gasteiger partial charge is 0.319 e. The fraction of sp³-hybridized carbons (Fsp3) is 0.667. The van der Waals surface area contributed by atoms with Crippen LogP contribution >= 0.6 is 23.7 Å². The number of nitrogens with zero attached hydrogens (tertiary/aromatic N) is 2. The highest BCUT2D eigenvalue weighted by atomic mass is 35.5. The molecule has 1 rings (SSSR count). The lowest BCUT2D eigenvalue weighted by Gasteiger charge is -1.99. The second-order valence-corrected chi connectivity index (χ2v) is 4.51. The molecule has 0 aliphatic carbocycles. The van der Waals surface area contributed by atoms with Crippen molar-refractivity contribution in [2.75, 3.05) is 18.9 Å². The smallest absolute Gasteiger partial charge is 0.227 e. The van der Waals surface area contributed by atoms with E-state index in [0.717, 1.165) is 5.01 Å². The van der Waals surface area contributed by atoms with E-state index in [2.05, 4.69) is 20.8 Å². The third kappa shape index (κ3) is 4.87. The predicted octanol–water partition coefficient (Wildman–Crippen LogP) is 1.63. The molecular formula is C9H17ClN4OS. The minimum atomic E-state index is -0.0317. The van der Waals surface area contributed by atoms with Gasteiger partial charge in [0.15, 0.2) is 0 Å². The van der Waals surface area contributed by atoms with Crippen molar-refractivity contribution in [2.24, 2.45) is 0 Å². The molecule has 92 valence electrons. The van der Waals surface area contributed by atoms with Crippen molar-refractivity contribution >= 4 is 34.8 Å². The topological polar surface area (TPSA) is 66.9 Å². The summed E-state index contributed by atoms with van der Waals surface area (Å²) in [5, 5.41) is 15.0. The van der Waals surface area contributed by atoms with E-state index >= 15 is 0 Å². The molecule has 0 aromatic carbocycles. The van der Waals surface area contributed by atoms with E-state index in [1.54, 1.807) is 0 Å². The van der Waals surface area contributed by atoms with E-state index in [1.807, 2.05) is 20.9 Å². The summed E-state index contributed by atoms with van der Waals surface area (Å²) in [6.07, 6.45) is 0.451. The lowest BCUT2D eigenvalue weighted by Crippen LogP contribution is -2.18. The number of carbonyl (C=O) groups excluding carboxylic acids is 1. The minimum Gasteiger partial charge on any atom is -0.319 e. The predicted molar refractivity (Wildman–Crippen MR) is 68.4 cm³/mol. The lowest BCUT2D eigenvalue weighted by molar-refractivity contribution is -0.116. The van der Waals surface area contributed by atoms with Gasteiger partial charge in [-0.15, -0.1) is 22.6 Å². The fourth-order valence-corrected chi connectivity index (χ4v) is 1.70. The second-order valence-electron chi connectivity index (χ2n) is 3.50. The van der Waals surface area contributed by atoms with Gasteiger partial charge in [-0.05, 0) is 7.05 Å². The molecule has 0 bridgehead atoms. The van der Waals surface area contributed by atoms with Crippen LogP contribution in [-0.4, -0.2) is 29.7 Å². The number of carbonyl (C=O) groups is 1. The van der Waals surface area contributed by atoms with Crippen molar-refractivity contribution < 1.29 is 4.79 Å². The van der Waals surface area contributed by atoms with Crippen molar-refractivity contribution in [3.63, 3.8) is 0 Å². The molecule has 0 saturated carbocycles. The maximum atomic E-state index is 11.3. The number of hydrogen-bond donors (Lipinski definition) is 2. The molecule has 0 aliphatic rings. The van der Waals surface area contributed by atoms with Gasteiger partial charge in [0.05, 0.1) is 0 Å². The Kier molecular flexibility index (Phi) is 7.20. The lowest BCUT2D eigenvalue weighted by atomic mass is 10.2. The summed E-state index contributed by atoms with van der Waals surface area (Å²) in [4.78, 5) is 11.3. The van der Waals surface area contributed by atoms with Crippen LogP contribution in [0.25, 0.3) is 0 Å². The van der Waals surface area contributed by atoms with E-state index in [9.17, 15) is 4.79 Å². The van der Waals surface area contributed by atoms with Crippen LogP contribution < -0.4 is 10.6 Å². The Bertz CT molecular complexity index is 329. The Balaban J connectivity index is 0.00000225. The number of nitrogens with one attached hydrogen (secondary N) is 2. The van der Waals surface area contributed by atoms with Crippen molar-refractivity contribution in [3.8, 4) is 0 Å². The van der Waals surface area contributed by atoms with Crippen LogP contribution in [0.4, 0.5) is 5.13 Å². The zero-order valence-corrected chi connectivity index (χ0v) is 11.2. The van der Waals surface area contributed by atoms with Gasteiger partial charge in [0.2, 0.25) is 11.0 Å². The summed E-state index contributed by atoms with van der Waals surface area (Å²) in [5.74, 6) is 0.321. The van der Waals surface area contributed by atoms with Gasteiger partial charge >= 0.3 is 0 Å². The molecule has 0 atom stereocenters. The quantitative estimate of drug-likeness (QED) is 0.848. The number of rotatable bonds is 5. The van der Waals surface area contributed by atoms with E-state index in [0.29, 0.717) is 24.0 Å². The Morgan fingerprint density at radius 2 is 2.12 bits per heavy atom. The van der Waals surface area contributed by atoms with Crippen molar-refractivity contribution in [3.05, 3.63) is 5.01 Å². The van der Waals surface area contributed by atoms with Crippen LogP contribution in [0.1, 0.15) is 31.2 Å². The average molecular weight is 265 g/mol. The second kappa shape index (κ2) is 7.54. The zero-order valence-electron chi connectivity index (χ0n) is 9.61. The van der Waals surface area contributed by atoms with Gasteiger partial charge in [-0.25, -0.2) is 0 Å². The number of aromatic nitrogens is 2. The molecule has 5 nitrogen and oxygen atoms in total. The molecule has 1 aromatic heterocycles. The number of halogens is 1. The van der Waals surface area contributed by atoms with Crippen LogP contribution in [0.5, 0.6) is 0 Å². The number of amides is 1. The van der Waals surface area contributed by atoms with Crippen molar-refractivity contribution in [1.29, 1.82) is 0 Å². The molecule has 0 unspecified atom stereocenters. The summed E-state index contributed by atoms with van der Waals surface area (Å²) in [6, 6.07) is 0. The Morgan fingerprint density at radius 1 is 1.44 bits per heavy atom. The maximum Gasteiger partial charge on any atom is 0.227 e. The normalized spacial score (nSPS) is 10.0. The number of hydrogen-bond acceptors (Lipinski definition) is 5. The molecule has 1 aromatic rings. The molecule has 0 radical (unpaired) electrons. The molecule has 0 aliphatic heterocycles. The van der Waals surface area contributed by atoms with Crippen LogP contribution in [0, 0.1) is 0 Å². The molecule has 0 fully saturated rings. The van der Waals surface area contributed by atoms with Crippen molar-refractivity contribution in [1.82, 2.24) is 15.5 Å².